The van der Waals surface area contributed by atoms with E-state index in [2.05, 4.69) is 67.5 Å². The summed E-state index contributed by atoms with van der Waals surface area (Å²) < 4.78 is 0. The van der Waals surface area contributed by atoms with Crippen molar-refractivity contribution in [1.82, 2.24) is 0 Å². The second kappa shape index (κ2) is 6.00. The van der Waals surface area contributed by atoms with E-state index >= 15 is 0 Å². The van der Waals surface area contributed by atoms with Crippen LogP contribution in [-0.4, -0.2) is 5.11 Å². The topological polar surface area (TPSA) is 46.2 Å². The Bertz CT molecular complexity index is 454. The van der Waals surface area contributed by atoms with Crippen LogP contribution in [0.4, 0.5) is 0 Å². The maximum atomic E-state index is 10.7. The SMILES string of the molecule is CC(C)C[C@@H](N)c1cc(C(C)(C)C)c(O)c(C(C)(C)C)c1. The molecule has 3 N–H and O–H groups in total. The van der Waals surface area contributed by atoms with Gasteiger partial charge in [0, 0.05) is 6.04 Å². The molecule has 0 aliphatic carbocycles. The molecule has 0 aromatic heterocycles. The fourth-order valence-electron chi connectivity index (χ4n) is 2.66. The number of nitrogens with two attached hydrogens (primary N) is 1. The van der Waals surface area contributed by atoms with E-state index in [1.807, 2.05) is 0 Å². The number of hydrogen-bond donors (Lipinski definition) is 2. The lowest BCUT2D eigenvalue weighted by Crippen LogP contribution is -2.20. The van der Waals surface area contributed by atoms with E-state index in [9.17, 15) is 5.11 Å². The standard InChI is InChI=1S/C19H33NO/c1-12(2)9-16(20)13-10-14(18(3,4)5)17(21)15(11-13)19(6,7)8/h10-12,16,21H,9,20H2,1-8H3/t16-/m1/s1. The lowest BCUT2D eigenvalue weighted by Gasteiger charge is -2.29. The van der Waals surface area contributed by atoms with Gasteiger partial charge in [-0.2, -0.15) is 0 Å². The molecule has 1 aromatic rings. The van der Waals surface area contributed by atoms with E-state index in [-0.39, 0.29) is 16.9 Å². The van der Waals surface area contributed by atoms with Crippen LogP contribution in [0.15, 0.2) is 12.1 Å². The molecule has 0 spiro atoms. The molecule has 120 valence electrons. The van der Waals surface area contributed by atoms with Crippen LogP contribution in [0, 0.1) is 5.92 Å². The molecule has 0 aliphatic rings. The van der Waals surface area contributed by atoms with Crippen molar-refractivity contribution in [2.45, 2.75) is 78.7 Å². The van der Waals surface area contributed by atoms with Crippen molar-refractivity contribution < 1.29 is 5.11 Å². The minimum atomic E-state index is -0.0996. The molecular formula is C19H33NO. The van der Waals surface area contributed by atoms with Gasteiger partial charge in [0.15, 0.2) is 0 Å². The summed E-state index contributed by atoms with van der Waals surface area (Å²) in [6.07, 6.45) is 0.956. The van der Waals surface area contributed by atoms with Crippen LogP contribution >= 0.6 is 0 Å². The largest absolute Gasteiger partial charge is 0.507 e. The Hall–Kier alpha value is -1.02. The van der Waals surface area contributed by atoms with Crippen LogP contribution in [0.5, 0.6) is 5.75 Å². The Morgan fingerprint density at radius 1 is 0.952 bits per heavy atom. The van der Waals surface area contributed by atoms with Crippen LogP contribution < -0.4 is 5.73 Å². The second-order valence-electron chi connectivity index (χ2n) is 8.70. The van der Waals surface area contributed by atoms with E-state index in [1.54, 1.807) is 0 Å². The number of hydrogen-bond acceptors (Lipinski definition) is 2. The molecular weight excluding hydrogens is 258 g/mol. The predicted octanol–water partition coefficient (Wildman–Crippen LogP) is 5.03. The van der Waals surface area contributed by atoms with E-state index in [0.717, 1.165) is 23.1 Å². The monoisotopic (exact) mass is 291 g/mol. The van der Waals surface area contributed by atoms with Gasteiger partial charge in [0.2, 0.25) is 0 Å². The van der Waals surface area contributed by atoms with Crippen molar-refractivity contribution in [3.05, 3.63) is 28.8 Å². The van der Waals surface area contributed by atoms with Crippen molar-refractivity contribution in [3.8, 4) is 5.75 Å². The first-order valence-corrected chi connectivity index (χ1v) is 7.97. The maximum absolute atomic E-state index is 10.7. The summed E-state index contributed by atoms with van der Waals surface area (Å²) in [7, 11) is 0. The summed E-state index contributed by atoms with van der Waals surface area (Å²) in [4.78, 5) is 0. The van der Waals surface area contributed by atoms with Gasteiger partial charge in [-0.25, -0.2) is 0 Å². The van der Waals surface area contributed by atoms with Crippen LogP contribution in [0.3, 0.4) is 0 Å². The number of aromatic hydroxyl groups is 1. The zero-order valence-electron chi connectivity index (χ0n) is 15.0. The zero-order valence-corrected chi connectivity index (χ0v) is 15.0. The lowest BCUT2D eigenvalue weighted by atomic mass is 9.77. The Balaban J connectivity index is 3.48. The Kier molecular flexibility index (Phi) is 5.15. The van der Waals surface area contributed by atoms with Crippen molar-refractivity contribution in [2.75, 3.05) is 0 Å². The number of phenolic OH excluding ortho intramolecular Hbond substituents is 1. The molecule has 0 radical (unpaired) electrons. The van der Waals surface area contributed by atoms with Gasteiger partial charge in [0.05, 0.1) is 0 Å². The summed E-state index contributed by atoms with van der Waals surface area (Å²) in [6, 6.07) is 4.21. The van der Waals surface area contributed by atoms with E-state index in [1.165, 1.54) is 0 Å². The molecule has 0 aliphatic heterocycles. The molecule has 1 aromatic carbocycles. The average molecular weight is 291 g/mol. The molecule has 0 heterocycles. The van der Waals surface area contributed by atoms with Crippen molar-refractivity contribution in [1.29, 1.82) is 0 Å². The molecule has 0 fully saturated rings. The highest BCUT2D eigenvalue weighted by Gasteiger charge is 2.27. The summed E-state index contributed by atoms with van der Waals surface area (Å²) in [5, 5.41) is 10.7. The molecule has 0 unspecified atom stereocenters. The van der Waals surface area contributed by atoms with E-state index in [0.29, 0.717) is 11.7 Å². The summed E-state index contributed by atoms with van der Waals surface area (Å²) in [5.74, 6) is 0.987. The molecule has 0 bridgehead atoms. The highest BCUT2D eigenvalue weighted by Crippen LogP contribution is 2.41. The molecule has 0 saturated carbocycles. The van der Waals surface area contributed by atoms with Gasteiger partial charge in [-0.1, -0.05) is 67.5 Å². The van der Waals surface area contributed by atoms with Gasteiger partial charge in [-0.15, -0.1) is 0 Å². The number of rotatable bonds is 3. The smallest absolute Gasteiger partial charge is 0.123 e. The van der Waals surface area contributed by atoms with Crippen LogP contribution in [0.25, 0.3) is 0 Å². The number of phenols is 1. The van der Waals surface area contributed by atoms with Gasteiger partial charge in [-0.3, -0.25) is 0 Å². The van der Waals surface area contributed by atoms with Gasteiger partial charge in [-0.05, 0) is 39.9 Å². The highest BCUT2D eigenvalue weighted by atomic mass is 16.3. The second-order valence-corrected chi connectivity index (χ2v) is 8.70. The van der Waals surface area contributed by atoms with E-state index < -0.39 is 0 Å². The van der Waals surface area contributed by atoms with Gasteiger partial charge in [0.1, 0.15) is 5.75 Å². The first-order valence-electron chi connectivity index (χ1n) is 7.97. The normalized spacial score (nSPS) is 14.6. The third-order valence-corrected chi connectivity index (χ3v) is 3.90. The van der Waals surface area contributed by atoms with Gasteiger partial charge in [0.25, 0.3) is 0 Å². The first-order chi connectivity index (χ1) is 9.34. The average Bonchev–Trinajstić information content (AvgIpc) is 2.24. The Morgan fingerprint density at radius 3 is 1.62 bits per heavy atom. The summed E-state index contributed by atoms with van der Waals surface area (Å²) >= 11 is 0. The van der Waals surface area contributed by atoms with Crippen molar-refractivity contribution in [3.63, 3.8) is 0 Å². The van der Waals surface area contributed by atoms with E-state index in [4.69, 9.17) is 5.73 Å². The Labute approximate surface area is 130 Å². The predicted molar refractivity (Wildman–Crippen MR) is 91.9 cm³/mol. The van der Waals surface area contributed by atoms with Crippen LogP contribution in [0.1, 0.15) is 84.5 Å². The number of benzene rings is 1. The molecule has 2 nitrogen and oxygen atoms in total. The molecule has 0 amide bonds. The summed E-state index contributed by atoms with van der Waals surface area (Å²) in [6.45, 7) is 17.2. The maximum Gasteiger partial charge on any atom is 0.123 e. The Morgan fingerprint density at radius 2 is 1.33 bits per heavy atom. The lowest BCUT2D eigenvalue weighted by molar-refractivity contribution is 0.421. The minimum absolute atomic E-state index is 0.0211. The minimum Gasteiger partial charge on any atom is -0.507 e. The van der Waals surface area contributed by atoms with Crippen LogP contribution in [0.2, 0.25) is 0 Å². The molecule has 1 atom stereocenters. The fourth-order valence-corrected chi connectivity index (χ4v) is 2.66. The zero-order chi connectivity index (χ0) is 16.6. The highest BCUT2D eigenvalue weighted by molar-refractivity contribution is 5.50. The molecule has 2 heteroatoms. The quantitative estimate of drug-likeness (QED) is 0.820. The van der Waals surface area contributed by atoms with Gasteiger partial charge >= 0.3 is 0 Å². The molecule has 21 heavy (non-hydrogen) atoms. The summed E-state index contributed by atoms with van der Waals surface area (Å²) in [5.41, 5.74) is 9.30. The van der Waals surface area contributed by atoms with Crippen LogP contribution in [-0.2, 0) is 10.8 Å². The van der Waals surface area contributed by atoms with Crippen molar-refractivity contribution >= 4 is 0 Å². The van der Waals surface area contributed by atoms with Crippen molar-refractivity contribution in [2.24, 2.45) is 11.7 Å². The fraction of sp³-hybridized carbons (Fsp3) is 0.684. The molecule has 1 rings (SSSR count). The first kappa shape index (κ1) is 18.0. The molecule has 0 saturated heterocycles. The third-order valence-electron chi connectivity index (χ3n) is 3.90. The third kappa shape index (κ3) is 4.47. The van der Waals surface area contributed by atoms with Gasteiger partial charge < -0.3 is 10.8 Å².